The molecule has 7 heteroatoms. The van der Waals surface area contributed by atoms with E-state index in [0.29, 0.717) is 18.2 Å². The Kier molecular flexibility index (Phi) is 6.26. The molecule has 144 valence electrons. The van der Waals surface area contributed by atoms with Crippen molar-refractivity contribution in [2.45, 2.75) is 19.8 Å². The number of para-hydroxylation sites is 1. The van der Waals surface area contributed by atoms with E-state index < -0.39 is 23.2 Å². The topological polar surface area (TPSA) is 66.9 Å². The number of halogens is 2. The Bertz CT molecular complexity index is 944. The molecular weight excluding hydrogens is 362 g/mol. The first-order valence-electron chi connectivity index (χ1n) is 8.92. The summed E-state index contributed by atoms with van der Waals surface area (Å²) in [4.78, 5) is 20.8. The summed E-state index contributed by atoms with van der Waals surface area (Å²) in [7, 11) is 0. The van der Waals surface area contributed by atoms with Crippen LogP contribution in [0.4, 0.5) is 20.4 Å². The van der Waals surface area contributed by atoms with Crippen LogP contribution < -0.4 is 10.6 Å². The molecule has 2 N–H and O–H groups in total. The van der Waals surface area contributed by atoms with Crippen LogP contribution in [-0.2, 0) is 6.42 Å². The van der Waals surface area contributed by atoms with Gasteiger partial charge < -0.3 is 10.6 Å². The zero-order valence-corrected chi connectivity index (χ0v) is 15.4. The van der Waals surface area contributed by atoms with Crippen molar-refractivity contribution in [1.82, 2.24) is 9.97 Å². The highest BCUT2D eigenvalue weighted by atomic mass is 19.1. The molecule has 0 saturated heterocycles. The van der Waals surface area contributed by atoms with Gasteiger partial charge in [-0.05, 0) is 43.5 Å². The maximum Gasteiger partial charge on any atom is 0.274 e. The van der Waals surface area contributed by atoms with E-state index in [4.69, 9.17) is 0 Å². The van der Waals surface area contributed by atoms with Gasteiger partial charge in [0.1, 0.15) is 23.0 Å². The van der Waals surface area contributed by atoms with E-state index in [2.05, 4.69) is 32.7 Å². The van der Waals surface area contributed by atoms with Crippen molar-refractivity contribution in [2.24, 2.45) is 0 Å². The number of benzene rings is 2. The predicted molar refractivity (Wildman–Crippen MR) is 104 cm³/mol. The van der Waals surface area contributed by atoms with Crippen LogP contribution in [0.2, 0.25) is 0 Å². The average molecular weight is 382 g/mol. The monoisotopic (exact) mass is 382 g/mol. The van der Waals surface area contributed by atoms with Crippen molar-refractivity contribution >= 4 is 17.5 Å². The summed E-state index contributed by atoms with van der Waals surface area (Å²) in [6, 6.07) is 14.9. The number of rotatable bonds is 7. The third kappa shape index (κ3) is 5.09. The third-order valence-electron chi connectivity index (χ3n) is 4.06. The van der Waals surface area contributed by atoms with Gasteiger partial charge in [-0.25, -0.2) is 18.7 Å². The van der Waals surface area contributed by atoms with Crippen LogP contribution in [0.15, 0.2) is 54.6 Å². The summed E-state index contributed by atoms with van der Waals surface area (Å²) in [6.07, 6.45) is 1.77. The number of hydrogen-bond donors (Lipinski definition) is 2. The fourth-order valence-electron chi connectivity index (χ4n) is 2.70. The summed E-state index contributed by atoms with van der Waals surface area (Å²) in [6.45, 7) is 2.35. The van der Waals surface area contributed by atoms with Crippen LogP contribution in [-0.4, -0.2) is 22.4 Å². The summed E-state index contributed by atoms with van der Waals surface area (Å²) < 4.78 is 27.5. The van der Waals surface area contributed by atoms with Crippen LogP contribution in [0.3, 0.4) is 0 Å². The summed E-state index contributed by atoms with van der Waals surface area (Å²) in [5.74, 6) is -2.11. The Morgan fingerprint density at radius 1 is 1.00 bits per heavy atom. The number of carbonyl (C=O) groups is 1. The van der Waals surface area contributed by atoms with Crippen molar-refractivity contribution in [3.63, 3.8) is 0 Å². The van der Waals surface area contributed by atoms with Gasteiger partial charge in [-0.15, -0.1) is 0 Å². The second-order valence-corrected chi connectivity index (χ2v) is 6.28. The Morgan fingerprint density at radius 2 is 1.71 bits per heavy atom. The molecule has 2 aromatic carbocycles. The lowest BCUT2D eigenvalue weighted by molar-refractivity contribution is 0.102. The van der Waals surface area contributed by atoms with Gasteiger partial charge >= 0.3 is 0 Å². The normalized spacial score (nSPS) is 10.5. The number of hydrogen-bond acceptors (Lipinski definition) is 4. The van der Waals surface area contributed by atoms with Gasteiger partial charge in [-0.3, -0.25) is 4.79 Å². The van der Waals surface area contributed by atoms with Crippen LogP contribution in [0.5, 0.6) is 0 Å². The lowest BCUT2D eigenvalue weighted by atomic mass is 10.1. The SMILES string of the molecule is Cc1cc(C(=O)Nc2c(F)cccc2F)nc(NCCCc2ccccc2)n1. The van der Waals surface area contributed by atoms with Gasteiger partial charge in [-0.1, -0.05) is 36.4 Å². The molecular formula is C21H20F2N4O. The molecule has 0 radical (unpaired) electrons. The van der Waals surface area contributed by atoms with Crippen molar-refractivity contribution in [3.05, 3.63) is 83.2 Å². The molecule has 0 unspecified atom stereocenters. The molecule has 0 spiro atoms. The highest BCUT2D eigenvalue weighted by Gasteiger charge is 2.15. The van der Waals surface area contributed by atoms with Gasteiger partial charge in [-0.2, -0.15) is 0 Å². The minimum Gasteiger partial charge on any atom is -0.354 e. The van der Waals surface area contributed by atoms with Crippen molar-refractivity contribution in [3.8, 4) is 0 Å². The second kappa shape index (κ2) is 9.03. The maximum absolute atomic E-state index is 13.7. The molecule has 0 aliphatic carbocycles. The first-order valence-corrected chi connectivity index (χ1v) is 8.92. The van der Waals surface area contributed by atoms with Gasteiger partial charge in [0.25, 0.3) is 5.91 Å². The second-order valence-electron chi connectivity index (χ2n) is 6.28. The number of carbonyl (C=O) groups excluding carboxylic acids is 1. The fourth-order valence-corrected chi connectivity index (χ4v) is 2.70. The molecule has 28 heavy (non-hydrogen) atoms. The quantitative estimate of drug-likeness (QED) is 0.596. The standard InChI is InChI=1S/C21H20F2N4O/c1-14-13-18(20(28)27-19-16(22)10-5-11-17(19)23)26-21(25-14)24-12-6-9-15-7-3-2-4-8-15/h2-5,7-8,10-11,13H,6,9,12H2,1H3,(H,27,28)(H,24,25,26). The van der Waals surface area contributed by atoms with E-state index in [9.17, 15) is 13.6 Å². The van der Waals surface area contributed by atoms with E-state index in [1.807, 2.05) is 18.2 Å². The van der Waals surface area contributed by atoms with Crippen molar-refractivity contribution < 1.29 is 13.6 Å². The van der Waals surface area contributed by atoms with Crippen LogP contribution in [0.25, 0.3) is 0 Å². The minimum absolute atomic E-state index is 0.0284. The van der Waals surface area contributed by atoms with E-state index in [0.717, 1.165) is 25.0 Å². The van der Waals surface area contributed by atoms with Gasteiger partial charge in [0, 0.05) is 12.2 Å². The Hall–Kier alpha value is -3.35. The Labute approximate surface area is 161 Å². The number of aromatic nitrogens is 2. The summed E-state index contributed by atoms with van der Waals surface area (Å²) in [5, 5.41) is 5.32. The van der Waals surface area contributed by atoms with Crippen LogP contribution >= 0.6 is 0 Å². The Morgan fingerprint density at radius 3 is 2.43 bits per heavy atom. The largest absolute Gasteiger partial charge is 0.354 e. The molecule has 1 aromatic heterocycles. The molecule has 0 aliphatic heterocycles. The van der Waals surface area contributed by atoms with Gasteiger partial charge in [0.05, 0.1) is 0 Å². The van der Waals surface area contributed by atoms with Crippen molar-refractivity contribution in [1.29, 1.82) is 0 Å². The average Bonchev–Trinajstić information content (AvgIpc) is 2.68. The molecule has 0 atom stereocenters. The molecule has 0 bridgehead atoms. The summed E-state index contributed by atoms with van der Waals surface area (Å²) >= 11 is 0. The zero-order chi connectivity index (χ0) is 19.9. The number of nitrogens with zero attached hydrogens (tertiary/aromatic N) is 2. The summed E-state index contributed by atoms with van der Waals surface area (Å²) in [5.41, 5.74) is 1.34. The smallest absolute Gasteiger partial charge is 0.274 e. The van der Waals surface area contributed by atoms with Gasteiger partial charge in [0.15, 0.2) is 0 Å². The molecule has 0 saturated carbocycles. The zero-order valence-electron chi connectivity index (χ0n) is 15.4. The number of anilines is 2. The number of amides is 1. The number of nitrogens with one attached hydrogen (secondary N) is 2. The highest BCUT2D eigenvalue weighted by Crippen LogP contribution is 2.19. The minimum atomic E-state index is -0.849. The molecule has 3 aromatic rings. The third-order valence-corrected chi connectivity index (χ3v) is 4.06. The predicted octanol–water partition coefficient (Wildman–Crippen LogP) is 4.36. The molecule has 5 nitrogen and oxygen atoms in total. The molecule has 0 fully saturated rings. The van der Waals surface area contributed by atoms with Gasteiger partial charge in [0.2, 0.25) is 5.95 Å². The Balaban J connectivity index is 1.63. The van der Waals surface area contributed by atoms with E-state index in [1.165, 1.54) is 17.7 Å². The van der Waals surface area contributed by atoms with Crippen molar-refractivity contribution in [2.75, 3.05) is 17.2 Å². The molecule has 3 rings (SSSR count). The highest BCUT2D eigenvalue weighted by molar-refractivity contribution is 6.03. The van der Waals surface area contributed by atoms with Crippen LogP contribution in [0.1, 0.15) is 28.2 Å². The van der Waals surface area contributed by atoms with Crippen LogP contribution in [0, 0.1) is 18.6 Å². The molecule has 1 heterocycles. The fraction of sp³-hybridized carbons (Fsp3) is 0.190. The molecule has 0 aliphatic rings. The number of aryl methyl sites for hydroxylation is 2. The van der Waals surface area contributed by atoms with E-state index in [-0.39, 0.29) is 5.69 Å². The lowest BCUT2D eigenvalue weighted by Gasteiger charge is -2.10. The van der Waals surface area contributed by atoms with E-state index >= 15 is 0 Å². The first-order chi connectivity index (χ1) is 13.5. The first kappa shape index (κ1) is 19.4. The lowest BCUT2D eigenvalue weighted by Crippen LogP contribution is -2.18. The molecule has 1 amide bonds. The maximum atomic E-state index is 13.7. The van der Waals surface area contributed by atoms with E-state index in [1.54, 1.807) is 6.92 Å².